The Bertz CT molecular complexity index is 634. The second-order valence-corrected chi connectivity index (χ2v) is 4.78. The highest BCUT2D eigenvalue weighted by molar-refractivity contribution is 5.55. The maximum absolute atomic E-state index is 11.0. The molecule has 0 aliphatic carbocycles. The van der Waals surface area contributed by atoms with Crippen molar-refractivity contribution < 1.29 is 4.92 Å². The van der Waals surface area contributed by atoms with Crippen molar-refractivity contribution in [3.63, 3.8) is 0 Å². The maximum Gasteiger partial charge on any atom is 0.406 e. The Morgan fingerprint density at radius 2 is 1.71 bits per heavy atom. The summed E-state index contributed by atoms with van der Waals surface area (Å²) in [5.74, 6) is 1.15. The minimum atomic E-state index is -0.442. The van der Waals surface area contributed by atoms with E-state index in [-0.39, 0.29) is 5.82 Å². The van der Waals surface area contributed by atoms with E-state index in [0.717, 1.165) is 0 Å². The summed E-state index contributed by atoms with van der Waals surface area (Å²) in [7, 11) is 1.77. The molecule has 1 aliphatic rings. The van der Waals surface area contributed by atoms with Crippen LogP contribution in [-0.4, -0.2) is 50.6 Å². The standard InChI is InChI=1S/C12H15N7O2/c1-16-9-15-10(19(20)21)11(16)17-5-7-18(8-6-17)12-13-3-2-4-14-12/h2-4,9H,5-8H2,1H3. The summed E-state index contributed by atoms with van der Waals surface area (Å²) < 4.78 is 1.69. The Hall–Kier alpha value is -2.71. The van der Waals surface area contributed by atoms with Crippen molar-refractivity contribution in [1.29, 1.82) is 0 Å². The lowest BCUT2D eigenvalue weighted by molar-refractivity contribution is -0.388. The van der Waals surface area contributed by atoms with Gasteiger partial charge < -0.3 is 19.9 Å². The average Bonchev–Trinajstić information content (AvgIpc) is 2.90. The van der Waals surface area contributed by atoms with Gasteiger partial charge in [-0.1, -0.05) is 0 Å². The molecular weight excluding hydrogens is 274 g/mol. The van der Waals surface area contributed by atoms with E-state index in [1.807, 2.05) is 4.90 Å². The summed E-state index contributed by atoms with van der Waals surface area (Å²) in [5, 5.41) is 11.0. The van der Waals surface area contributed by atoms with Crippen LogP contribution in [0.2, 0.25) is 0 Å². The monoisotopic (exact) mass is 289 g/mol. The molecule has 110 valence electrons. The Labute approximate surface area is 121 Å². The number of aryl methyl sites for hydroxylation is 1. The molecule has 2 aromatic rings. The average molecular weight is 289 g/mol. The lowest BCUT2D eigenvalue weighted by Gasteiger charge is -2.35. The van der Waals surface area contributed by atoms with Crippen LogP contribution >= 0.6 is 0 Å². The molecule has 0 spiro atoms. The van der Waals surface area contributed by atoms with Crippen molar-refractivity contribution >= 4 is 17.6 Å². The molecule has 0 N–H and O–H groups in total. The van der Waals surface area contributed by atoms with Crippen molar-refractivity contribution in [3.05, 3.63) is 34.9 Å². The number of rotatable bonds is 3. The third-order valence-corrected chi connectivity index (χ3v) is 3.47. The SMILES string of the molecule is Cn1cnc([N+](=O)[O-])c1N1CCN(c2ncccn2)CC1. The largest absolute Gasteiger partial charge is 0.406 e. The number of imidazole rings is 1. The number of hydrogen-bond acceptors (Lipinski definition) is 7. The molecule has 1 fully saturated rings. The first-order valence-corrected chi connectivity index (χ1v) is 6.59. The number of nitrogens with zero attached hydrogens (tertiary/aromatic N) is 7. The summed E-state index contributed by atoms with van der Waals surface area (Å²) in [6, 6.07) is 1.78. The molecule has 3 rings (SSSR count). The van der Waals surface area contributed by atoms with Gasteiger partial charge in [-0.25, -0.2) is 9.97 Å². The molecule has 21 heavy (non-hydrogen) atoms. The van der Waals surface area contributed by atoms with Gasteiger partial charge in [0.25, 0.3) is 0 Å². The van der Waals surface area contributed by atoms with Gasteiger partial charge in [0.1, 0.15) is 0 Å². The molecule has 0 unspecified atom stereocenters. The highest BCUT2D eigenvalue weighted by atomic mass is 16.6. The summed E-state index contributed by atoms with van der Waals surface area (Å²) in [6.45, 7) is 2.76. The van der Waals surface area contributed by atoms with E-state index in [2.05, 4.69) is 19.9 Å². The van der Waals surface area contributed by atoms with Crippen LogP contribution in [-0.2, 0) is 7.05 Å². The van der Waals surface area contributed by atoms with Crippen molar-refractivity contribution in [2.45, 2.75) is 0 Å². The van der Waals surface area contributed by atoms with E-state index in [4.69, 9.17) is 0 Å². The molecule has 1 saturated heterocycles. The molecule has 0 bridgehead atoms. The molecule has 0 radical (unpaired) electrons. The van der Waals surface area contributed by atoms with E-state index in [9.17, 15) is 10.1 Å². The van der Waals surface area contributed by atoms with Crippen LogP contribution in [0.15, 0.2) is 24.8 Å². The third-order valence-electron chi connectivity index (χ3n) is 3.47. The van der Waals surface area contributed by atoms with Gasteiger partial charge in [0.05, 0.1) is 0 Å². The summed E-state index contributed by atoms with van der Waals surface area (Å²) in [5.41, 5.74) is 0. The Kier molecular flexibility index (Phi) is 3.38. The number of nitro groups is 1. The topological polar surface area (TPSA) is 93.2 Å². The van der Waals surface area contributed by atoms with Crippen molar-refractivity contribution in [2.24, 2.45) is 7.05 Å². The molecule has 0 saturated carbocycles. The summed E-state index contributed by atoms with van der Waals surface area (Å²) in [4.78, 5) is 26.9. The van der Waals surface area contributed by atoms with Gasteiger partial charge in [0.2, 0.25) is 18.1 Å². The van der Waals surface area contributed by atoms with Crippen LogP contribution in [0.3, 0.4) is 0 Å². The molecule has 0 amide bonds. The fourth-order valence-electron chi connectivity index (χ4n) is 2.48. The van der Waals surface area contributed by atoms with Crippen molar-refractivity contribution in [1.82, 2.24) is 19.5 Å². The molecule has 1 aliphatic heterocycles. The number of hydrogen-bond donors (Lipinski definition) is 0. The van der Waals surface area contributed by atoms with Crippen LogP contribution in [0.4, 0.5) is 17.6 Å². The van der Waals surface area contributed by atoms with Crippen molar-refractivity contribution in [2.75, 3.05) is 36.0 Å². The predicted molar refractivity (Wildman–Crippen MR) is 76.3 cm³/mol. The summed E-state index contributed by atoms with van der Waals surface area (Å²) >= 11 is 0. The fraction of sp³-hybridized carbons (Fsp3) is 0.417. The van der Waals surface area contributed by atoms with Gasteiger partial charge in [-0.15, -0.1) is 0 Å². The van der Waals surface area contributed by atoms with Crippen LogP contribution in [0, 0.1) is 10.1 Å². The molecule has 9 nitrogen and oxygen atoms in total. The number of anilines is 2. The predicted octanol–water partition coefficient (Wildman–Crippen LogP) is 0.445. The lowest BCUT2D eigenvalue weighted by Crippen LogP contribution is -2.47. The minimum Gasteiger partial charge on any atom is -0.358 e. The van der Waals surface area contributed by atoms with Gasteiger partial charge in [0, 0.05) is 45.6 Å². The minimum absolute atomic E-state index is 0.0955. The Morgan fingerprint density at radius 3 is 2.33 bits per heavy atom. The Morgan fingerprint density at radius 1 is 1.10 bits per heavy atom. The van der Waals surface area contributed by atoms with Crippen LogP contribution in [0.5, 0.6) is 0 Å². The smallest absolute Gasteiger partial charge is 0.358 e. The Balaban J connectivity index is 1.75. The second kappa shape index (κ2) is 5.35. The second-order valence-electron chi connectivity index (χ2n) is 4.78. The molecule has 2 aromatic heterocycles. The molecular formula is C12H15N7O2. The van der Waals surface area contributed by atoms with E-state index in [1.165, 1.54) is 6.33 Å². The molecule has 9 heteroatoms. The molecule has 0 aromatic carbocycles. The first-order chi connectivity index (χ1) is 10.2. The molecule has 3 heterocycles. The van der Waals surface area contributed by atoms with E-state index in [1.54, 1.807) is 30.1 Å². The zero-order valence-electron chi connectivity index (χ0n) is 11.6. The quantitative estimate of drug-likeness (QED) is 0.598. The highest BCUT2D eigenvalue weighted by Crippen LogP contribution is 2.27. The summed E-state index contributed by atoms with van der Waals surface area (Å²) in [6.07, 6.45) is 4.89. The van der Waals surface area contributed by atoms with E-state index >= 15 is 0 Å². The van der Waals surface area contributed by atoms with Gasteiger partial charge >= 0.3 is 5.82 Å². The lowest BCUT2D eigenvalue weighted by atomic mass is 10.3. The third kappa shape index (κ3) is 2.49. The van der Waals surface area contributed by atoms with E-state index < -0.39 is 4.92 Å². The zero-order chi connectivity index (χ0) is 14.8. The van der Waals surface area contributed by atoms with Crippen LogP contribution in [0.25, 0.3) is 0 Å². The van der Waals surface area contributed by atoms with E-state index in [0.29, 0.717) is 37.9 Å². The van der Waals surface area contributed by atoms with Crippen molar-refractivity contribution in [3.8, 4) is 0 Å². The van der Waals surface area contributed by atoms with Gasteiger partial charge in [-0.3, -0.25) is 4.57 Å². The van der Waals surface area contributed by atoms with Crippen LogP contribution in [0.1, 0.15) is 0 Å². The molecule has 0 atom stereocenters. The van der Waals surface area contributed by atoms with Gasteiger partial charge in [-0.05, 0) is 16.0 Å². The first-order valence-electron chi connectivity index (χ1n) is 6.59. The van der Waals surface area contributed by atoms with Gasteiger partial charge in [-0.2, -0.15) is 0 Å². The van der Waals surface area contributed by atoms with Gasteiger partial charge in [0.15, 0.2) is 0 Å². The van der Waals surface area contributed by atoms with Crippen LogP contribution < -0.4 is 9.80 Å². The fourth-order valence-corrected chi connectivity index (χ4v) is 2.48. The normalized spacial score (nSPS) is 15.3. The zero-order valence-corrected chi connectivity index (χ0v) is 11.6. The first kappa shape index (κ1) is 13.3. The maximum atomic E-state index is 11.0. The number of piperazine rings is 1. The highest BCUT2D eigenvalue weighted by Gasteiger charge is 2.28. The number of aromatic nitrogens is 4.